The van der Waals surface area contributed by atoms with Crippen LogP contribution in [0.3, 0.4) is 0 Å². The summed E-state index contributed by atoms with van der Waals surface area (Å²) < 4.78 is 0. The van der Waals surface area contributed by atoms with Crippen LogP contribution in [0.1, 0.15) is 11.1 Å². The Morgan fingerprint density at radius 3 is 1.42 bits per heavy atom. The third kappa shape index (κ3) is 5.84. The molecule has 2 heteroatoms. The topological polar surface area (TPSA) is 24.7 Å². The molecular weight excluding hydrogens is 316 g/mol. The van der Waals surface area contributed by atoms with Gasteiger partial charge >= 0.3 is 0 Å². The lowest BCUT2D eigenvalue weighted by Gasteiger charge is -1.95. The normalized spacial score (nSPS) is 12.0. The van der Waals surface area contributed by atoms with Gasteiger partial charge in [0.05, 0.1) is 11.4 Å². The molecular formula is C24H20N2. The van der Waals surface area contributed by atoms with E-state index in [4.69, 9.17) is 0 Å². The first-order valence-electron chi connectivity index (χ1n) is 8.52. The maximum absolute atomic E-state index is 4.45. The quantitative estimate of drug-likeness (QED) is 0.458. The minimum absolute atomic E-state index is 0.879. The Balaban J connectivity index is 1.59. The van der Waals surface area contributed by atoms with Crippen molar-refractivity contribution >= 4 is 36.0 Å². The maximum atomic E-state index is 4.45. The molecule has 0 spiro atoms. The summed E-state index contributed by atoms with van der Waals surface area (Å²) in [5.74, 6) is 0. The predicted molar refractivity (Wildman–Crippen MR) is 114 cm³/mol. The molecule has 0 saturated carbocycles. The smallest absolute Gasteiger partial charge is 0.0651 e. The molecule has 0 saturated heterocycles. The second kappa shape index (κ2) is 9.70. The SMILES string of the molecule is C(/C=C/c1ccccc1)=N/c1cccc(/N=C\C=C\c2ccccc2)c1. The molecule has 3 aromatic rings. The van der Waals surface area contributed by atoms with Crippen LogP contribution in [0.25, 0.3) is 12.2 Å². The van der Waals surface area contributed by atoms with E-state index in [1.54, 1.807) is 12.4 Å². The molecule has 0 atom stereocenters. The second-order valence-electron chi connectivity index (χ2n) is 5.62. The number of hydrogen-bond acceptors (Lipinski definition) is 2. The standard InChI is InChI=1S/C24H20N2/c1-3-10-21(11-4-1)14-8-18-25-23-16-7-17-24(20-23)26-19-9-15-22-12-5-2-6-13-22/h1-20H/b14-8+,15-9+,25-18-,26-19-. The molecule has 3 rings (SSSR count). The number of rotatable bonds is 6. The molecule has 26 heavy (non-hydrogen) atoms. The van der Waals surface area contributed by atoms with Gasteiger partial charge in [0.15, 0.2) is 0 Å². The van der Waals surface area contributed by atoms with Crippen LogP contribution >= 0.6 is 0 Å². The van der Waals surface area contributed by atoms with Gasteiger partial charge in [0.25, 0.3) is 0 Å². The Morgan fingerprint density at radius 2 is 0.962 bits per heavy atom. The van der Waals surface area contributed by atoms with Crippen LogP contribution in [0.4, 0.5) is 11.4 Å². The van der Waals surface area contributed by atoms with Gasteiger partial charge in [0, 0.05) is 12.4 Å². The van der Waals surface area contributed by atoms with Gasteiger partial charge in [-0.25, -0.2) is 0 Å². The number of hydrogen-bond donors (Lipinski definition) is 0. The van der Waals surface area contributed by atoms with Crippen LogP contribution in [0.15, 0.2) is 107 Å². The number of benzene rings is 3. The number of nitrogens with zero attached hydrogens (tertiary/aromatic N) is 2. The van der Waals surface area contributed by atoms with E-state index < -0.39 is 0 Å². The molecule has 0 unspecified atom stereocenters. The molecule has 0 heterocycles. The summed E-state index contributed by atoms with van der Waals surface area (Å²) in [5.41, 5.74) is 4.07. The lowest BCUT2D eigenvalue weighted by atomic mass is 10.2. The molecule has 0 aliphatic carbocycles. The first-order valence-corrected chi connectivity index (χ1v) is 8.52. The molecule has 0 aromatic heterocycles. The van der Waals surface area contributed by atoms with Gasteiger partial charge in [-0.05, 0) is 41.5 Å². The Hall–Kier alpha value is -3.52. The Labute approximate surface area is 154 Å². The minimum atomic E-state index is 0.879. The first-order chi connectivity index (χ1) is 12.9. The van der Waals surface area contributed by atoms with Crippen LogP contribution in [0, 0.1) is 0 Å². The van der Waals surface area contributed by atoms with E-state index in [-0.39, 0.29) is 0 Å². The zero-order valence-corrected chi connectivity index (χ0v) is 14.4. The van der Waals surface area contributed by atoms with Crippen LogP contribution in [0.2, 0.25) is 0 Å². The van der Waals surface area contributed by atoms with E-state index in [2.05, 4.69) is 34.3 Å². The van der Waals surface area contributed by atoms with Crippen molar-refractivity contribution in [2.24, 2.45) is 9.98 Å². The van der Waals surface area contributed by atoms with Gasteiger partial charge in [-0.3, -0.25) is 9.98 Å². The van der Waals surface area contributed by atoms with Crippen LogP contribution in [-0.4, -0.2) is 12.4 Å². The largest absolute Gasteiger partial charge is 0.257 e. The highest BCUT2D eigenvalue weighted by Gasteiger charge is 1.90. The molecule has 0 aliphatic heterocycles. The van der Waals surface area contributed by atoms with Gasteiger partial charge in [-0.2, -0.15) is 0 Å². The fraction of sp³-hybridized carbons (Fsp3) is 0. The fourth-order valence-corrected chi connectivity index (χ4v) is 2.35. The second-order valence-corrected chi connectivity index (χ2v) is 5.62. The number of allylic oxidation sites excluding steroid dienone is 2. The third-order valence-electron chi connectivity index (χ3n) is 3.63. The van der Waals surface area contributed by atoms with Crippen molar-refractivity contribution in [1.29, 1.82) is 0 Å². The molecule has 0 aliphatic rings. The average Bonchev–Trinajstić information content (AvgIpc) is 2.71. The molecule has 2 nitrogen and oxygen atoms in total. The van der Waals surface area contributed by atoms with E-state index in [0.29, 0.717) is 0 Å². The monoisotopic (exact) mass is 336 g/mol. The van der Waals surface area contributed by atoms with Gasteiger partial charge < -0.3 is 0 Å². The van der Waals surface area contributed by atoms with E-state index in [1.165, 1.54) is 0 Å². The van der Waals surface area contributed by atoms with E-state index in [1.807, 2.05) is 85.0 Å². The summed E-state index contributed by atoms with van der Waals surface area (Å²) in [5, 5.41) is 0. The van der Waals surface area contributed by atoms with Gasteiger partial charge in [0.2, 0.25) is 0 Å². The summed E-state index contributed by atoms with van der Waals surface area (Å²) >= 11 is 0. The molecule has 0 fully saturated rings. The minimum Gasteiger partial charge on any atom is -0.257 e. The van der Waals surface area contributed by atoms with E-state index in [9.17, 15) is 0 Å². The molecule has 126 valence electrons. The van der Waals surface area contributed by atoms with Gasteiger partial charge in [0.1, 0.15) is 0 Å². The summed E-state index contributed by atoms with van der Waals surface area (Å²) in [7, 11) is 0. The maximum Gasteiger partial charge on any atom is 0.0651 e. The number of aliphatic imine (C=N–C) groups is 2. The molecule has 0 amide bonds. The van der Waals surface area contributed by atoms with Gasteiger partial charge in [-0.15, -0.1) is 0 Å². The lowest BCUT2D eigenvalue weighted by Crippen LogP contribution is -1.72. The van der Waals surface area contributed by atoms with Crippen molar-refractivity contribution in [3.05, 3.63) is 108 Å². The summed E-state index contributed by atoms with van der Waals surface area (Å²) in [6, 6.07) is 28.2. The van der Waals surface area contributed by atoms with Crippen LogP contribution in [-0.2, 0) is 0 Å². The van der Waals surface area contributed by atoms with Crippen molar-refractivity contribution in [2.75, 3.05) is 0 Å². The predicted octanol–water partition coefficient (Wildman–Crippen LogP) is 6.52. The third-order valence-corrected chi connectivity index (χ3v) is 3.63. The lowest BCUT2D eigenvalue weighted by molar-refractivity contribution is 1.49. The van der Waals surface area contributed by atoms with Crippen LogP contribution < -0.4 is 0 Å². The highest BCUT2D eigenvalue weighted by molar-refractivity contribution is 5.82. The molecule has 0 radical (unpaired) electrons. The first kappa shape index (κ1) is 17.3. The van der Waals surface area contributed by atoms with Crippen LogP contribution in [0.5, 0.6) is 0 Å². The highest BCUT2D eigenvalue weighted by atomic mass is 14.7. The average molecular weight is 336 g/mol. The van der Waals surface area contributed by atoms with E-state index in [0.717, 1.165) is 22.5 Å². The zero-order chi connectivity index (χ0) is 17.9. The Bertz CT molecular complexity index is 846. The van der Waals surface area contributed by atoms with Gasteiger partial charge in [-0.1, -0.05) is 78.9 Å². The van der Waals surface area contributed by atoms with E-state index >= 15 is 0 Å². The summed E-state index contributed by atoms with van der Waals surface area (Å²) in [6.45, 7) is 0. The molecule has 3 aromatic carbocycles. The Kier molecular flexibility index (Phi) is 6.46. The van der Waals surface area contributed by atoms with Crippen molar-refractivity contribution in [1.82, 2.24) is 0 Å². The summed E-state index contributed by atoms with van der Waals surface area (Å²) in [6.07, 6.45) is 11.5. The van der Waals surface area contributed by atoms with Crippen molar-refractivity contribution < 1.29 is 0 Å². The molecule has 0 bridgehead atoms. The fourth-order valence-electron chi connectivity index (χ4n) is 2.35. The zero-order valence-electron chi connectivity index (χ0n) is 14.4. The molecule has 0 N–H and O–H groups in total. The highest BCUT2D eigenvalue weighted by Crippen LogP contribution is 2.19. The Morgan fingerprint density at radius 1 is 0.500 bits per heavy atom. The summed E-state index contributed by atoms with van der Waals surface area (Å²) in [4.78, 5) is 8.91. The van der Waals surface area contributed by atoms with Crippen molar-refractivity contribution in [3.8, 4) is 0 Å². The van der Waals surface area contributed by atoms with Crippen molar-refractivity contribution in [2.45, 2.75) is 0 Å². The van der Waals surface area contributed by atoms with Crippen molar-refractivity contribution in [3.63, 3.8) is 0 Å².